The van der Waals surface area contributed by atoms with Crippen LogP contribution in [0.25, 0.3) is 20.3 Å². The van der Waals surface area contributed by atoms with Gasteiger partial charge in [-0.25, -0.2) is 4.98 Å². The third-order valence-corrected chi connectivity index (χ3v) is 6.03. The van der Waals surface area contributed by atoms with E-state index in [-0.39, 0.29) is 12.5 Å². The number of ether oxygens (including phenoxy) is 3. The van der Waals surface area contributed by atoms with E-state index in [1.54, 1.807) is 55.1 Å². The molecule has 0 unspecified atom stereocenters. The third kappa shape index (κ3) is 3.48. The summed E-state index contributed by atoms with van der Waals surface area (Å²) in [5.41, 5.74) is 1.61. The van der Waals surface area contributed by atoms with E-state index < -0.39 is 0 Å². The summed E-state index contributed by atoms with van der Waals surface area (Å²) in [5, 5.41) is 6.81. The number of aromatic nitrogens is 1. The first-order valence-corrected chi connectivity index (χ1v) is 10.2. The number of thiophene rings is 1. The van der Waals surface area contributed by atoms with Gasteiger partial charge in [-0.15, -0.1) is 22.7 Å². The number of carbonyl (C=O) groups is 1. The molecule has 28 heavy (non-hydrogen) atoms. The van der Waals surface area contributed by atoms with Gasteiger partial charge < -0.3 is 19.5 Å². The Hall–Kier alpha value is -2.84. The maximum Gasteiger partial charge on any atom is 0.262 e. The highest BCUT2D eigenvalue weighted by atomic mass is 32.1. The lowest BCUT2D eigenvalue weighted by Gasteiger charge is -2.11. The van der Waals surface area contributed by atoms with Gasteiger partial charge in [-0.3, -0.25) is 4.79 Å². The maximum absolute atomic E-state index is 12.4. The standard InChI is InChI=1S/C20H18N2O4S2/c1-11-21-19-17(28-11)9-15(13-6-7-27-20(13)19)26-10-18(23)22-12-4-5-14(24-2)16(8-12)25-3/h4-9H,10H2,1-3H3,(H,22,23). The molecule has 1 N–H and O–H groups in total. The van der Waals surface area contributed by atoms with E-state index in [1.165, 1.54) is 0 Å². The van der Waals surface area contributed by atoms with Crippen LogP contribution in [0.2, 0.25) is 0 Å². The van der Waals surface area contributed by atoms with E-state index >= 15 is 0 Å². The van der Waals surface area contributed by atoms with Gasteiger partial charge in [-0.1, -0.05) is 0 Å². The Morgan fingerprint density at radius 3 is 2.71 bits per heavy atom. The van der Waals surface area contributed by atoms with Crippen molar-refractivity contribution in [3.63, 3.8) is 0 Å². The van der Waals surface area contributed by atoms with Gasteiger partial charge in [0, 0.05) is 23.2 Å². The molecule has 0 spiro atoms. The van der Waals surface area contributed by atoms with Crippen LogP contribution in [0.15, 0.2) is 35.7 Å². The van der Waals surface area contributed by atoms with Crippen LogP contribution in [0.3, 0.4) is 0 Å². The number of methoxy groups -OCH3 is 2. The summed E-state index contributed by atoms with van der Waals surface area (Å²) in [6, 6.07) is 9.15. The second-order valence-corrected chi connectivity index (χ2v) is 8.18. The molecule has 2 aromatic heterocycles. The van der Waals surface area contributed by atoms with Crippen molar-refractivity contribution in [1.29, 1.82) is 0 Å². The lowest BCUT2D eigenvalue weighted by molar-refractivity contribution is -0.118. The number of benzene rings is 2. The van der Waals surface area contributed by atoms with Crippen LogP contribution in [0.5, 0.6) is 17.2 Å². The minimum Gasteiger partial charge on any atom is -0.493 e. The van der Waals surface area contributed by atoms with Crippen molar-refractivity contribution in [2.24, 2.45) is 0 Å². The highest BCUT2D eigenvalue weighted by Gasteiger charge is 2.14. The molecule has 2 heterocycles. The first kappa shape index (κ1) is 18.5. The molecule has 8 heteroatoms. The molecule has 0 atom stereocenters. The Balaban J connectivity index is 1.51. The quantitative estimate of drug-likeness (QED) is 0.488. The van der Waals surface area contributed by atoms with E-state index in [0.29, 0.717) is 22.9 Å². The number of hydrogen-bond acceptors (Lipinski definition) is 7. The van der Waals surface area contributed by atoms with Gasteiger partial charge in [0.15, 0.2) is 18.1 Å². The summed E-state index contributed by atoms with van der Waals surface area (Å²) in [5.74, 6) is 1.59. The van der Waals surface area contributed by atoms with Gasteiger partial charge in [-0.05, 0) is 30.5 Å². The zero-order valence-corrected chi connectivity index (χ0v) is 17.2. The molecule has 144 valence electrons. The molecular weight excluding hydrogens is 396 g/mol. The fraction of sp³-hybridized carbons (Fsp3) is 0.200. The van der Waals surface area contributed by atoms with E-state index in [1.807, 2.05) is 24.4 Å². The molecule has 0 saturated carbocycles. The van der Waals surface area contributed by atoms with Crippen molar-refractivity contribution in [2.75, 3.05) is 26.1 Å². The normalized spacial score (nSPS) is 11.0. The third-order valence-electron chi connectivity index (χ3n) is 4.19. The molecule has 0 fully saturated rings. The molecular formula is C20H18N2O4S2. The number of carbonyl (C=O) groups excluding carboxylic acids is 1. The monoisotopic (exact) mass is 414 g/mol. The largest absolute Gasteiger partial charge is 0.493 e. The van der Waals surface area contributed by atoms with E-state index in [4.69, 9.17) is 14.2 Å². The molecule has 0 radical (unpaired) electrons. The number of anilines is 1. The van der Waals surface area contributed by atoms with E-state index in [9.17, 15) is 4.79 Å². The molecule has 4 rings (SSSR count). The number of aryl methyl sites for hydroxylation is 1. The number of amides is 1. The molecule has 0 aliphatic carbocycles. The number of nitrogens with one attached hydrogen (secondary N) is 1. The van der Waals surface area contributed by atoms with E-state index in [0.717, 1.165) is 25.3 Å². The minimum absolute atomic E-state index is 0.0947. The number of thiazole rings is 1. The predicted octanol–water partition coefficient (Wildman–Crippen LogP) is 4.85. The van der Waals surface area contributed by atoms with Crippen molar-refractivity contribution in [3.05, 3.63) is 40.7 Å². The van der Waals surface area contributed by atoms with Crippen molar-refractivity contribution >= 4 is 54.6 Å². The minimum atomic E-state index is -0.254. The highest BCUT2D eigenvalue weighted by molar-refractivity contribution is 7.21. The van der Waals surface area contributed by atoms with Gasteiger partial charge in [0.05, 0.1) is 34.1 Å². The smallest absolute Gasteiger partial charge is 0.262 e. The fourth-order valence-corrected chi connectivity index (χ4v) is 4.79. The molecule has 6 nitrogen and oxygen atoms in total. The van der Waals surface area contributed by atoms with Gasteiger partial charge in [0.2, 0.25) is 0 Å². The molecule has 0 aliphatic rings. The Bertz CT molecular complexity index is 1170. The first-order chi connectivity index (χ1) is 13.6. The van der Waals surface area contributed by atoms with Crippen LogP contribution >= 0.6 is 22.7 Å². The van der Waals surface area contributed by atoms with Crippen LogP contribution in [0.4, 0.5) is 5.69 Å². The SMILES string of the molecule is COc1ccc(NC(=O)COc2cc3sc(C)nc3c3sccc23)cc1OC. The summed E-state index contributed by atoms with van der Waals surface area (Å²) < 4.78 is 18.5. The molecule has 0 bridgehead atoms. The molecule has 4 aromatic rings. The molecule has 0 saturated heterocycles. The van der Waals surface area contributed by atoms with Crippen molar-refractivity contribution < 1.29 is 19.0 Å². The summed E-state index contributed by atoms with van der Waals surface area (Å²) in [6.45, 7) is 1.89. The Morgan fingerprint density at radius 2 is 1.93 bits per heavy atom. The topological polar surface area (TPSA) is 69.7 Å². The fourth-order valence-electron chi connectivity index (χ4n) is 2.96. The van der Waals surface area contributed by atoms with Crippen molar-refractivity contribution in [1.82, 2.24) is 4.98 Å². The van der Waals surface area contributed by atoms with Crippen molar-refractivity contribution in [2.45, 2.75) is 6.92 Å². The van der Waals surface area contributed by atoms with Crippen LogP contribution < -0.4 is 19.5 Å². The lowest BCUT2D eigenvalue weighted by atomic mass is 10.2. The second-order valence-electron chi connectivity index (χ2n) is 6.02. The number of hydrogen-bond donors (Lipinski definition) is 1. The van der Waals surface area contributed by atoms with E-state index in [2.05, 4.69) is 10.3 Å². The average Bonchev–Trinajstić information content (AvgIpc) is 3.31. The Morgan fingerprint density at radius 1 is 1.11 bits per heavy atom. The molecule has 0 aliphatic heterocycles. The van der Waals surface area contributed by atoms with Gasteiger partial charge in [-0.2, -0.15) is 0 Å². The van der Waals surface area contributed by atoms with Gasteiger partial charge >= 0.3 is 0 Å². The van der Waals surface area contributed by atoms with Gasteiger partial charge in [0.1, 0.15) is 5.75 Å². The van der Waals surface area contributed by atoms with Crippen LogP contribution in [0.1, 0.15) is 5.01 Å². The summed E-state index contributed by atoms with van der Waals surface area (Å²) >= 11 is 3.24. The number of rotatable bonds is 6. The molecule has 1 amide bonds. The zero-order chi connectivity index (χ0) is 19.7. The average molecular weight is 415 g/mol. The van der Waals surface area contributed by atoms with Gasteiger partial charge in [0.25, 0.3) is 5.91 Å². The van der Waals surface area contributed by atoms with Crippen LogP contribution in [-0.4, -0.2) is 31.7 Å². The van der Waals surface area contributed by atoms with Crippen LogP contribution in [-0.2, 0) is 4.79 Å². The first-order valence-electron chi connectivity index (χ1n) is 8.51. The number of fused-ring (bicyclic) bond motifs is 3. The maximum atomic E-state index is 12.4. The Kier molecular flexibility index (Phi) is 5.06. The highest BCUT2D eigenvalue weighted by Crippen LogP contribution is 2.38. The second kappa shape index (κ2) is 7.65. The van der Waals surface area contributed by atoms with Crippen molar-refractivity contribution in [3.8, 4) is 17.2 Å². The number of nitrogens with zero attached hydrogens (tertiary/aromatic N) is 1. The summed E-state index contributed by atoms with van der Waals surface area (Å²) in [6.07, 6.45) is 0. The predicted molar refractivity (Wildman–Crippen MR) is 113 cm³/mol. The lowest BCUT2D eigenvalue weighted by Crippen LogP contribution is -2.20. The molecule has 2 aromatic carbocycles. The summed E-state index contributed by atoms with van der Waals surface area (Å²) in [7, 11) is 3.12. The zero-order valence-electron chi connectivity index (χ0n) is 15.6. The summed E-state index contributed by atoms with van der Waals surface area (Å²) in [4.78, 5) is 17.0. The Labute approximate surface area is 169 Å². The van der Waals surface area contributed by atoms with Crippen LogP contribution in [0, 0.1) is 6.92 Å².